The molecule has 0 aliphatic heterocycles. The summed E-state index contributed by atoms with van der Waals surface area (Å²) in [4.78, 5) is 41.7. The van der Waals surface area contributed by atoms with Crippen LogP contribution in [0.4, 0.5) is 10.5 Å². The van der Waals surface area contributed by atoms with Crippen LogP contribution in [0.15, 0.2) is 48.5 Å². The van der Waals surface area contributed by atoms with Gasteiger partial charge in [0.1, 0.15) is 17.7 Å². The van der Waals surface area contributed by atoms with Crippen molar-refractivity contribution < 1.29 is 19.1 Å². The second kappa shape index (κ2) is 13.3. The standard InChI is InChI=1S/C28H39N3O4S/c1-7-8-17-31(26(33)23(18-36)30-27(34)35-28(4,5)6)24(21-15-11-9-13-19(21)2)25(32)29-22-16-12-10-14-20(22)3/h9-16,23-24,36H,7-8,17-18H2,1-6H3,(H,29,32)(H,30,34). The average Bonchev–Trinajstić information content (AvgIpc) is 2.81. The van der Waals surface area contributed by atoms with Gasteiger partial charge in [0.15, 0.2) is 0 Å². The van der Waals surface area contributed by atoms with Crippen molar-refractivity contribution in [3.63, 3.8) is 0 Å². The number of carbonyl (C=O) groups excluding carboxylic acids is 3. The summed E-state index contributed by atoms with van der Waals surface area (Å²) >= 11 is 4.33. The maximum absolute atomic E-state index is 13.9. The monoisotopic (exact) mass is 513 g/mol. The van der Waals surface area contributed by atoms with Gasteiger partial charge in [-0.1, -0.05) is 55.8 Å². The van der Waals surface area contributed by atoms with E-state index >= 15 is 0 Å². The Kier molecular flexibility index (Phi) is 10.8. The molecule has 0 heterocycles. The number of carbonyl (C=O) groups is 3. The summed E-state index contributed by atoms with van der Waals surface area (Å²) in [6, 6.07) is 13.2. The minimum Gasteiger partial charge on any atom is -0.444 e. The van der Waals surface area contributed by atoms with Gasteiger partial charge in [-0.15, -0.1) is 0 Å². The third-order valence-electron chi connectivity index (χ3n) is 5.65. The average molecular weight is 514 g/mol. The van der Waals surface area contributed by atoms with Gasteiger partial charge in [0, 0.05) is 18.0 Å². The van der Waals surface area contributed by atoms with Crippen LogP contribution in [-0.2, 0) is 14.3 Å². The zero-order valence-corrected chi connectivity index (χ0v) is 23.0. The molecule has 196 valence electrons. The molecule has 7 nitrogen and oxygen atoms in total. The minimum absolute atomic E-state index is 0.0562. The first-order valence-electron chi connectivity index (χ1n) is 12.3. The summed E-state index contributed by atoms with van der Waals surface area (Å²) in [5.41, 5.74) is 2.50. The number of amides is 3. The molecular weight excluding hydrogens is 474 g/mol. The van der Waals surface area contributed by atoms with Gasteiger partial charge in [-0.3, -0.25) is 9.59 Å². The van der Waals surface area contributed by atoms with Crippen molar-refractivity contribution >= 4 is 36.2 Å². The topological polar surface area (TPSA) is 87.7 Å². The molecule has 2 atom stereocenters. The molecule has 0 saturated carbocycles. The molecule has 0 radical (unpaired) electrons. The smallest absolute Gasteiger partial charge is 0.408 e. The van der Waals surface area contributed by atoms with Crippen molar-refractivity contribution in [3.8, 4) is 0 Å². The SMILES string of the molecule is CCCCN(C(=O)C(CS)NC(=O)OC(C)(C)C)C(C(=O)Nc1ccccc1C)c1ccccc1C. The molecular formula is C28H39N3O4S. The molecule has 8 heteroatoms. The Morgan fingerprint density at radius 3 is 2.17 bits per heavy atom. The van der Waals surface area contributed by atoms with Crippen LogP contribution in [0, 0.1) is 13.8 Å². The molecule has 0 aliphatic rings. The number of benzene rings is 2. The number of ether oxygens (including phenoxy) is 1. The lowest BCUT2D eigenvalue weighted by Gasteiger charge is -2.35. The van der Waals surface area contributed by atoms with Crippen molar-refractivity contribution in [1.82, 2.24) is 10.2 Å². The molecule has 2 N–H and O–H groups in total. The highest BCUT2D eigenvalue weighted by Crippen LogP contribution is 2.28. The molecule has 0 bridgehead atoms. The van der Waals surface area contributed by atoms with Gasteiger partial charge >= 0.3 is 6.09 Å². The number of para-hydroxylation sites is 1. The second-order valence-corrected chi connectivity index (χ2v) is 10.2. The third-order valence-corrected chi connectivity index (χ3v) is 6.02. The normalized spacial score (nSPS) is 12.9. The zero-order chi connectivity index (χ0) is 26.9. The van der Waals surface area contributed by atoms with Gasteiger partial charge in [0.2, 0.25) is 5.91 Å². The molecule has 2 rings (SSSR count). The number of thiol groups is 1. The van der Waals surface area contributed by atoms with Crippen LogP contribution < -0.4 is 10.6 Å². The molecule has 0 saturated heterocycles. The number of unbranched alkanes of at least 4 members (excludes halogenated alkanes) is 1. The molecule has 2 aromatic rings. The third kappa shape index (κ3) is 8.29. The van der Waals surface area contributed by atoms with Gasteiger partial charge < -0.3 is 20.3 Å². The first kappa shape index (κ1) is 29.2. The van der Waals surface area contributed by atoms with Gasteiger partial charge in [-0.2, -0.15) is 12.6 Å². The van der Waals surface area contributed by atoms with Crippen LogP contribution in [0.3, 0.4) is 0 Å². The first-order valence-corrected chi connectivity index (χ1v) is 12.9. The number of aryl methyl sites for hydroxylation is 2. The molecule has 36 heavy (non-hydrogen) atoms. The van der Waals surface area contributed by atoms with Crippen molar-refractivity contribution in [3.05, 3.63) is 65.2 Å². The molecule has 0 fully saturated rings. The predicted octanol–water partition coefficient (Wildman–Crippen LogP) is 5.44. The van der Waals surface area contributed by atoms with Gasteiger partial charge in [0.25, 0.3) is 5.91 Å². The van der Waals surface area contributed by atoms with Gasteiger partial charge in [-0.05, 0) is 63.8 Å². The summed E-state index contributed by atoms with van der Waals surface area (Å²) in [5.74, 6) is -0.656. The fraction of sp³-hybridized carbons (Fsp3) is 0.464. The van der Waals surface area contributed by atoms with E-state index in [2.05, 4.69) is 23.3 Å². The summed E-state index contributed by atoms with van der Waals surface area (Å²) in [5, 5.41) is 5.65. The number of anilines is 1. The van der Waals surface area contributed by atoms with E-state index < -0.39 is 29.7 Å². The summed E-state index contributed by atoms with van der Waals surface area (Å²) < 4.78 is 5.35. The summed E-state index contributed by atoms with van der Waals surface area (Å²) in [6.07, 6.45) is 0.814. The second-order valence-electron chi connectivity index (χ2n) is 9.83. The van der Waals surface area contributed by atoms with Crippen LogP contribution in [0.2, 0.25) is 0 Å². The quantitative estimate of drug-likeness (QED) is 0.370. The Morgan fingerprint density at radius 1 is 1.00 bits per heavy atom. The Hall–Kier alpha value is -3.00. The van der Waals surface area contributed by atoms with Gasteiger partial charge in [-0.25, -0.2) is 4.79 Å². The minimum atomic E-state index is -0.960. The van der Waals surface area contributed by atoms with E-state index in [4.69, 9.17) is 4.74 Å². The van der Waals surface area contributed by atoms with Crippen molar-refractivity contribution in [2.75, 3.05) is 17.6 Å². The number of hydrogen-bond donors (Lipinski definition) is 3. The van der Waals surface area contributed by atoms with Gasteiger partial charge in [0.05, 0.1) is 0 Å². The number of nitrogens with one attached hydrogen (secondary N) is 2. The molecule has 0 spiro atoms. The summed E-state index contributed by atoms with van der Waals surface area (Å²) in [7, 11) is 0. The largest absolute Gasteiger partial charge is 0.444 e. The summed E-state index contributed by atoms with van der Waals surface area (Å²) in [6.45, 7) is 11.5. The molecule has 2 aromatic carbocycles. The Labute approximate surface area is 220 Å². The van der Waals surface area contributed by atoms with E-state index in [1.54, 1.807) is 25.7 Å². The fourth-order valence-electron chi connectivity index (χ4n) is 3.79. The molecule has 3 amide bonds. The molecule has 2 unspecified atom stereocenters. The molecule has 0 aliphatic carbocycles. The lowest BCUT2D eigenvalue weighted by molar-refractivity contribution is -0.140. The highest BCUT2D eigenvalue weighted by molar-refractivity contribution is 7.80. The van der Waals surface area contributed by atoms with E-state index in [9.17, 15) is 14.4 Å². The van der Waals surface area contributed by atoms with Crippen LogP contribution in [-0.4, -0.2) is 46.7 Å². The maximum Gasteiger partial charge on any atom is 0.408 e. The highest BCUT2D eigenvalue weighted by atomic mass is 32.1. The highest BCUT2D eigenvalue weighted by Gasteiger charge is 2.36. The first-order chi connectivity index (χ1) is 17.0. The lowest BCUT2D eigenvalue weighted by Crippen LogP contribution is -2.53. The Bertz CT molecular complexity index is 1050. The zero-order valence-electron chi connectivity index (χ0n) is 22.1. The van der Waals surface area contributed by atoms with E-state index in [0.717, 1.165) is 23.1 Å². The van der Waals surface area contributed by atoms with Crippen molar-refractivity contribution in [2.24, 2.45) is 0 Å². The Balaban J connectivity index is 2.48. The fourth-order valence-corrected chi connectivity index (χ4v) is 4.04. The van der Waals surface area contributed by atoms with E-state index in [0.29, 0.717) is 18.7 Å². The van der Waals surface area contributed by atoms with E-state index in [1.165, 1.54) is 0 Å². The number of rotatable bonds is 10. The lowest BCUT2D eigenvalue weighted by atomic mass is 9.97. The van der Waals surface area contributed by atoms with Crippen molar-refractivity contribution in [2.45, 2.75) is 72.1 Å². The van der Waals surface area contributed by atoms with Crippen molar-refractivity contribution in [1.29, 1.82) is 0 Å². The number of alkyl carbamates (subject to hydrolysis) is 1. The Morgan fingerprint density at radius 2 is 1.61 bits per heavy atom. The number of nitrogens with zero attached hydrogens (tertiary/aromatic N) is 1. The van der Waals surface area contributed by atoms with Crippen LogP contribution in [0.25, 0.3) is 0 Å². The maximum atomic E-state index is 13.9. The predicted molar refractivity (Wildman–Crippen MR) is 147 cm³/mol. The van der Waals surface area contributed by atoms with Crippen LogP contribution in [0.5, 0.6) is 0 Å². The van der Waals surface area contributed by atoms with Crippen LogP contribution in [0.1, 0.15) is 63.3 Å². The number of hydrogen-bond acceptors (Lipinski definition) is 5. The van der Waals surface area contributed by atoms with E-state index in [-0.39, 0.29) is 11.7 Å². The van der Waals surface area contributed by atoms with E-state index in [1.807, 2.05) is 69.3 Å². The molecule has 0 aromatic heterocycles. The van der Waals surface area contributed by atoms with Crippen LogP contribution >= 0.6 is 12.6 Å².